The van der Waals surface area contributed by atoms with Crippen molar-refractivity contribution in [3.8, 4) is 0 Å². The van der Waals surface area contributed by atoms with E-state index in [-0.39, 0.29) is 0 Å². The Labute approximate surface area is 154 Å². The van der Waals surface area contributed by atoms with Crippen LogP contribution in [0.5, 0.6) is 0 Å². The Kier molecular flexibility index (Phi) is 6.42. The van der Waals surface area contributed by atoms with Gasteiger partial charge in [-0.1, -0.05) is 36.4 Å². The lowest BCUT2D eigenvalue weighted by Gasteiger charge is -2.22. The SMILES string of the molecule is O=P(OP(=O)(OS(=O)(=O)O)c1ccccc1)(OS(=O)(=O)O)c1ccccc1. The van der Waals surface area contributed by atoms with Crippen LogP contribution in [0.25, 0.3) is 0 Å². The minimum absolute atomic E-state index is 0.488. The Morgan fingerprint density at radius 1 is 0.630 bits per heavy atom. The summed E-state index contributed by atoms with van der Waals surface area (Å²) in [7, 11) is -21.1. The molecule has 0 heterocycles. The van der Waals surface area contributed by atoms with Crippen LogP contribution in [0.2, 0.25) is 0 Å². The zero-order valence-electron chi connectivity index (χ0n) is 13.1. The molecule has 0 amide bonds. The van der Waals surface area contributed by atoms with Crippen molar-refractivity contribution in [3.63, 3.8) is 0 Å². The Morgan fingerprint density at radius 2 is 0.926 bits per heavy atom. The van der Waals surface area contributed by atoms with Crippen molar-refractivity contribution in [3.05, 3.63) is 60.7 Å². The Balaban J connectivity index is 2.64. The maximum absolute atomic E-state index is 13.0. The molecule has 0 saturated heterocycles. The van der Waals surface area contributed by atoms with E-state index in [1.165, 1.54) is 36.4 Å². The largest absolute Gasteiger partial charge is 0.405 e. The molecule has 2 atom stereocenters. The Morgan fingerprint density at radius 3 is 1.19 bits per heavy atom. The fourth-order valence-corrected chi connectivity index (χ4v) is 8.16. The van der Waals surface area contributed by atoms with Crippen LogP contribution in [0.15, 0.2) is 60.7 Å². The summed E-state index contributed by atoms with van der Waals surface area (Å²) in [6.07, 6.45) is 0. The van der Waals surface area contributed by atoms with Crippen molar-refractivity contribution < 1.29 is 47.3 Å². The van der Waals surface area contributed by atoms with Crippen LogP contribution in [0.3, 0.4) is 0 Å². The molecular weight excluding hydrogens is 446 g/mol. The number of hydrogen-bond acceptors (Lipinski definition) is 9. The second kappa shape index (κ2) is 7.92. The second-order valence-electron chi connectivity index (χ2n) is 4.75. The lowest BCUT2D eigenvalue weighted by Crippen LogP contribution is -2.18. The topological polar surface area (TPSA) is 171 Å². The molecular formula is C12H12O11P2S2. The quantitative estimate of drug-likeness (QED) is 0.436. The van der Waals surface area contributed by atoms with E-state index in [1.807, 2.05) is 0 Å². The van der Waals surface area contributed by atoms with E-state index < -0.39 is 46.6 Å². The molecule has 0 fully saturated rings. The smallest absolute Gasteiger partial charge is 0.263 e. The van der Waals surface area contributed by atoms with Gasteiger partial charge in [-0.25, -0.2) is 4.31 Å². The Bertz CT molecular complexity index is 1010. The third-order valence-corrected chi connectivity index (χ3v) is 9.40. The van der Waals surface area contributed by atoms with Gasteiger partial charge < -0.3 is 0 Å². The molecule has 0 aliphatic carbocycles. The maximum Gasteiger partial charge on any atom is 0.405 e. The van der Waals surface area contributed by atoms with E-state index in [4.69, 9.17) is 13.4 Å². The van der Waals surface area contributed by atoms with E-state index >= 15 is 0 Å². The third kappa shape index (κ3) is 6.32. The molecule has 15 heteroatoms. The molecule has 11 nitrogen and oxygen atoms in total. The van der Waals surface area contributed by atoms with E-state index in [1.54, 1.807) is 0 Å². The summed E-state index contributed by atoms with van der Waals surface area (Å²) >= 11 is 0. The molecule has 27 heavy (non-hydrogen) atoms. The first kappa shape index (κ1) is 21.9. The molecule has 0 radical (unpaired) electrons. The maximum atomic E-state index is 13.0. The highest BCUT2D eigenvalue weighted by atomic mass is 32.3. The van der Waals surface area contributed by atoms with Gasteiger partial charge >= 0.3 is 36.0 Å². The Hall–Kier alpha value is -1.40. The average Bonchev–Trinajstić information content (AvgIpc) is 2.53. The number of hydrogen-bond donors (Lipinski definition) is 2. The van der Waals surface area contributed by atoms with Gasteiger partial charge in [0.15, 0.2) is 0 Å². The summed E-state index contributed by atoms with van der Waals surface area (Å²) in [4.78, 5) is 0. The monoisotopic (exact) mass is 458 g/mol. The van der Waals surface area contributed by atoms with Gasteiger partial charge in [0.05, 0.1) is 10.6 Å². The predicted molar refractivity (Wildman–Crippen MR) is 93.7 cm³/mol. The number of benzene rings is 2. The van der Waals surface area contributed by atoms with E-state index in [0.29, 0.717) is 0 Å². The highest BCUT2D eigenvalue weighted by Gasteiger charge is 2.45. The van der Waals surface area contributed by atoms with E-state index in [0.717, 1.165) is 24.3 Å². The van der Waals surface area contributed by atoms with Crippen LogP contribution >= 0.6 is 15.2 Å². The summed E-state index contributed by atoms with van der Waals surface area (Å²) in [5.74, 6) is 0. The van der Waals surface area contributed by atoms with Crippen molar-refractivity contribution >= 4 is 46.6 Å². The van der Waals surface area contributed by atoms with Crippen molar-refractivity contribution in [2.75, 3.05) is 0 Å². The van der Waals surface area contributed by atoms with Crippen molar-refractivity contribution in [1.82, 2.24) is 0 Å². The fraction of sp³-hybridized carbons (Fsp3) is 0. The van der Waals surface area contributed by atoms with Crippen molar-refractivity contribution in [2.45, 2.75) is 0 Å². The minimum Gasteiger partial charge on any atom is -0.263 e. The molecule has 2 N–H and O–H groups in total. The van der Waals surface area contributed by atoms with Gasteiger partial charge in [0.25, 0.3) is 0 Å². The lowest BCUT2D eigenvalue weighted by molar-refractivity contribution is 0.322. The van der Waals surface area contributed by atoms with Crippen LogP contribution < -0.4 is 10.6 Å². The molecule has 0 aromatic heterocycles. The van der Waals surface area contributed by atoms with Gasteiger partial charge in [-0.15, -0.1) is 0 Å². The summed E-state index contributed by atoms with van der Waals surface area (Å²) in [5, 5.41) is -0.976. The summed E-state index contributed by atoms with van der Waals surface area (Å²) in [6, 6.07) is 12.3. The van der Waals surface area contributed by atoms with E-state index in [9.17, 15) is 26.0 Å². The van der Waals surface area contributed by atoms with Crippen molar-refractivity contribution in [2.24, 2.45) is 0 Å². The molecule has 0 bridgehead atoms. The number of rotatable bonds is 8. The first-order valence-corrected chi connectivity index (χ1v) is 12.5. The molecule has 2 aromatic carbocycles. The zero-order valence-corrected chi connectivity index (χ0v) is 16.5. The fourth-order valence-electron chi connectivity index (χ4n) is 1.82. The molecule has 0 saturated carbocycles. The normalized spacial score (nSPS) is 17.0. The van der Waals surface area contributed by atoms with Gasteiger partial charge in [-0.2, -0.15) is 24.8 Å². The summed E-state index contributed by atoms with van der Waals surface area (Å²) in [5.41, 5.74) is 0. The lowest BCUT2D eigenvalue weighted by atomic mass is 10.4. The first-order valence-electron chi connectivity index (χ1n) is 6.73. The van der Waals surface area contributed by atoms with Crippen LogP contribution in [-0.4, -0.2) is 25.9 Å². The van der Waals surface area contributed by atoms with Gasteiger partial charge in [-0.05, 0) is 24.3 Å². The summed E-state index contributed by atoms with van der Waals surface area (Å²) in [6.45, 7) is 0. The molecule has 2 rings (SSSR count). The van der Waals surface area contributed by atoms with Crippen LogP contribution in [0, 0.1) is 0 Å². The third-order valence-electron chi connectivity index (χ3n) is 2.74. The highest BCUT2D eigenvalue weighted by Crippen LogP contribution is 2.64. The van der Waals surface area contributed by atoms with Gasteiger partial charge in [0.2, 0.25) is 0 Å². The molecule has 2 aromatic rings. The van der Waals surface area contributed by atoms with Crippen LogP contribution in [0.4, 0.5) is 0 Å². The second-order valence-corrected chi connectivity index (χ2v) is 11.3. The van der Waals surface area contributed by atoms with Crippen LogP contribution in [-0.2, 0) is 42.2 Å². The zero-order chi connectivity index (χ0) is 20.3. The molecule has 0 spiro atoms. The molecule has 0 aliphatic heterocycles. The molecule has 148 valence electrons. The minimum atomic E-state index is -5.40. The first-order chi connectivity index (χ1) is 12.3. The standard InChI is InChI=1S/C12H12O11P2S2/c13-24(22-26(15,16)17,11-7-3-1-4-8-11)21-25(14,23-27(18,19)20)12-9-5-2-6-10-12/h1-10H,(H,15,16,17)(H,18,19,20). The average molecular weight is 458 g/mol. The van der Waals surface area contributed by atoms with E-state index in [2.05, 4.69) is 7.94 Å². The summed E-state index contributed by atoms with van der Waals surface area (Å²) < 4.78 is 101. The van der Waals surface area contributed by atoms with Gasteiger partial charge in [-0.3, -0.25) is 18.2 Å². The molecule has 2 unspecified atom stereocenters. The van der Waals surface area contributed by atoms with Gasteiger partial charge in [0.1, 0.15) is 0 Å². The molecule has 0 aliphatic rings. The van der Waals surface area contributed by atoms with Gasteiger partial charge in [0, 0.05) is 0 Å². The predicted octanol–water partition coefficient (Wildman–Crippen LogP) is 1.68. The van der Waals surface area contributed by atoms with Crippen LogP contribution in [0.1, 0.15) is 0 Å². The highest BCUT2D eigenvalue weighted by molar-refractivity contribution is 7.91. The van der Waals surface area contributed by atoms with Crippen molar-refractivity contribution in [1.29, 1.82) is 0 Å².